The molecule has 1 amide bonds. The Morgan fingerprint density at radius 1 is 1.56 bits per heavy atom. The van der Waals surface area contributed by atoms with E-state index in [1.165, 1.54) is 4.88 Å². The summed E-state index contributed by atoms with van der Waals surface area (Å²) in [6, 6.07) is 4.40. The van der Waals surface area contributed by atoms with Gasteiger partial charge in [-0.2, -0.15) is 0 Å². The fraction of sp³-hybridized carbons (Fsp3) is 0.545. The number of primary amides is 1. The van der Waals surface area contributed by atoms with Crippen LogP contribution >= 0.6 is 27.3 Å². The van der Waals surface area contributed by atoms with Crippen LogP contribution in [-0.4, -0.2) is 11.9 Å². The maximum Gasteiger partial charge on any atom is 0.222 e. The third-order valence-corrected chi connectivity index (χ3v) is 4.67. The lowest BCUT2D eigenvalue weighted by atomic mass is 10.0. The Labute approximate surface area is 108 Å². The van der Waals surface area contributed by atoms with Crippen molar-refractivity contribution < 1.29 is 4.79 Å². The van der Waals surface area contributed by atoms with Crippen LogP contribution in [0.15, 0.2) is 15.9 Å². The quantitative estimate of drug-likeness (QED) is 0.896. The Bertz CT molecular complexity index is 380. The van der Waals surface area contributed by atoms with E-state index in [0.29, 0.717) is 0 Å². The van der Waals surface area contributed by atoms with Gasteiger partial charge in [0.1, 0.15) is 0 Å². The zero-order chi connectivity index (χ0) is 11.5. The predicted octanol–water partition coefficient (Wildman–Crippen LogP) is 2.25. The number of hydrogen-bond acceptors (Lipinski definition) is 3. The molecule has 1 aliphatic rings. The highest BCUT2D eigenvalue weighted by molar-refractivity contribution is 9.11. The molecule has 1 heterocycles. The van der Waals surface area contributed by atoms with Gasteiger partial charge in [-0.25, -0.2) is 0 Å². The van der Waals surface area contributed by atoms with Crippen LogP contribution in [0.3, 0.4) is 0 Å². The first-order valence-electron chi connectivity index (χ1n) is 5.44. The number of amides is 1. The Morgan fingerprint density at radius 2 is 2.38 bits per heavy atom. The second kappa shape index (κ2) is 5.29. The van der Waals surface area contributed by atoms with E-state index in [9.17, 15) is 4.79 Å². The van der Waals surface area contributed by atoms with Crippen LogP contribution in [0, 0.1) is 5.92 Å². The molecule has 0 bridgehead atoms. The van der Waals surface area contributed by atoms with Crippen LogP contribution < -0.4 is 11.1 Å². The van der Waals surface area contributed by atoms with Gasteiger partial charge in [-0.3, -0.25) is 4.79 Å². The van der Waals surface area contributed by atoms with Gasteiger partial charge in [-0.15, -0.1) is 11.3 Å². The third kappa shape index (κ3) is 2.84. The van der Waals surface area contributed by atoms with E-state index in [2.05, 4.69) is 27.3 Å². The molecule has 2 unspecified atom stereocenters. The van der Waals surface area contributed by atoms with Crippen LogP contribution in [0.5, 0.6) is 0 Å². The minimum Gasteiger partial charge on any atom is -0.369 e. The van der Waals surface area contributed by atoms with E-state index in [4.69, 9.17) is 5.73 Å². The SMILES string of the molecule is NC(=O)C1CCCC1NCc1ccc(Br)s1. The number of carbonyl (C=O) groups excluding carboxylic acids is 1. The van der Waals surface area contributed by atoms with E-state index in [-0.39, 0.29) is 17.9 Å². The van der Waals surface area contributed by atoms with Crippen molar-refractivity contribution in [3.05, 3.63) is 20.8 Å². The van der Waals surface area contributed by atoms with Gasteiger partial charge in [0, 0.05) is 17.5 Å². The second-order valence-electron chi connectivity index (χ2n) is 4.13. The van der Waals surface area contributed by atoms with E-state index in [1.807, 2.05) is 6.07 Å². The van der Waals surface area contributed by atoms with Crippen molar-refractivity contribution in [3.8, 4) is 0 Å². The molecule has 2 rings (SSSR count). The first-order valence-corrected chi connectivity index (χ1v) is 7.04. The van der Waals surface area contributed by atoms with Gasteiger partial charge < -0.3 is 11.1 Å². The van der Waals surface area contributed by atoms with Crippen molar-refractivity contribution in [3.63, 3.8) is 0 Å². The Hall–Kier alpha value is -0.390. The first-order chi connectivity index (χ1) is 7.66. The summed E-state index contributed by atoms with van der Waals surface area (Å²) < 4.78 is 1.14. The molecule has 1 aromatic rings. The molecule has 0 aliphatic heterocycles. The number of nitrogens with one attached hydrogen (secondary N) is 1. The summed E-state index contributed by atoms with van der Waals surface area (Å²) >= 11 is 5.16. The Kier molecular flexibility index (Phi) is 4.00. The Balaban J connectivity index is 1.87. The van der Waals surface area contributed by atoms with Crippen molar-refractivity contribution in [1.29, 1.82) is 0 Å². The van der Waals surface area contributed by atoms with Crippen molar-refractivity contribution in [2.45, 2.75) is 31.8 Å². The maximum absolute atomic E-state index is 11.2. The zero-order valence-corrected chi connectivity index (χ0v) is 11.3. The molecule has 1 aromatic heterocycles. The highest BCUT2D eigenvalue weighted by atomic mass is 79.9. The fourth-order valence-corrected chi connectivity index (χ4v) is 3.66. The molecule has 0 radical (unpaired) electrons. The summed E-state index contributed by atoms with van der Waals surface area (Å²) in [7, 11) is 0. The van der Waals surface area contributed by atoms with Gasteiger partial charge >= 0.3 is 0 Å². The molecular weight excluding hydrogens is 288 g/mol. The standard InChI is InChI=1S/C11H15BrN2OS/c12-10-5-4-7(16-10)6-14-9-3-1-2-8(9)11(13)15/h4-5,8-9,14H,1-3,6H2,(H2,13,15). The number of rotatable bonds is 4. The lowest BCUT2D eigenvalue weighted by molar-refractivity contribution is -0.122. The van der Waals surface area contributed by atoms with Crippen molar-refractivity contribution in [2.75, 3.05) is 0 Å². The molecule has 2 atom stereocenters. The minimum absolute atomic E-state index is 0.0170. The van der Waals surface area contributed by atoms with Gasteiger partial charge in [0.2, 0.25) is 5.91 Å². The van der Waals surface area contributed by atoms with Crippen molar-refractivity contribution >= 4 is 33.2 Å². The van der Waals surface area contributed by atoms with Crippen LogP contribution in [0.1, 0.15) is 24.1 Å². The van der Waals surface area contributed by atoms with Gasteiger partial charge in [0.05, 0.1) is 9.70 Å². The molecule has 1 aliphatic carbocycles. The summed E-state index contributed by atoms with van der Waals surface area (Å²) in [5, 5.41) is 3.43. The van der Waals surface area contributed by atoms with Gasteiger partial charge in [0.15, 0.2) is 0 Å². The van der Waals surface area contributed by atoms with Crippen LogP contribution in [0.4, 0.5) is 0 Å². The maximum atomic E-state index is 11.2. The molecule has 0 aromatic carbocycles. The summed E-state index contributed by atoms with van der Waals surface area (Å²) in [6.45, 7) is 0.824. The number of carbonyl (C=O) groups is 1. The second-order valence-corrected chi connectivity index (χ2v) is 6.68. The minimum atomic E-state index is -0.164. The highest BCUT2D eigenvalue weighted by Crippen LogP contribution is 2.27. The monoisotopic (exact) mass is 302 g/mol. The topological polar surface area (TPSA) is 55.1 Å². The van der Waals surface area contributed by atoms with Crippen LogP contribution in [-0.2, 0) is 11.3 Å². The number of thiophene rings is 1. The fourth-order valence-electron chi connectivity index (χ4n) is 2.22. The summed E-state index contributed by atoms with van der Waals surface area (Å²) in [5.74, 6) is -0.147. The number of hydrogen-bond donors (Lipinski definition) is 2. The smallest absolute Gasteiger partial charge is 0.222 e. The molecule has 3 nitrogen and oxygen atoms in total. The van der Waals surface area contributed by atoms with Gasteiger partial charge in [-0.1, -0.05) is 6.42 Å². The number of halogens is 1. The van der Waals surface area contributed by atoms with Crippen LogP contribution in [0.25, 0.3) is 0 Å². The normalized spacial score (nSPS) is 24.8. The number of nitrogens with two attached hydrogens (primary N) is 1. The zero-order valence-electron chi connectivity index (χ0n) is 8.91. The van der Waals surface area contributed by atoms with Crippen LogP contribution in [0.2, 0.25) is 0 Å². The largest absolute Gasteiger partial charge is 0.369 e. The highest BCUT2D eigenvalue weighted by Gasteiger charge is 2.30. The predicted molar refractivity (Wildman–Crippen MR) is 69.2 cm³/mol. The van der Waals surface area contributed by atoms with Crippen molar-refractivity contribution in [1.82, 2.24) is 5.32 Å². The van der Waals surface area contributed by atoms with Gasteiger partial charge in [0.25, 0.3) is 0 Å². The average Bonchev–Trinajstić information content (AvgIpc) is 2.83. The summed E-state index contributed by atoms with van der Waals surface area (Å²) in [6.07, 6.45) is 3.08. The Morgan fingerprint density at radius 3 is 3.00 bits per heavy atom. The lowest BCUT2D eigenvalue weighted by Crippen LogP contribution is -2.38. The van der Waals surface area contributed by atoms with Crippen molar-refractivity contribution in [2.24, 2.45) is 11.7 Å². The molecule has 0 spiro atoms. The van der Waals surface area contributed by atoms with E-state index in [0.717, 1.165) is 29.6 Å². The molecule has 16 heavy (non-hydrogen) atoms. The van der Waals surface area contributed by atoms with E-state index >= 15 is 0 Å². The molecule has 1 fully saturated rings. The summed E-state index contributed by atoms with van der Waals surface area (Å²) in [5.41, 5.74) is 5.38. The third-order valence-electron chi connectivity index (χ3n) is 3.05. The molecule has 3 N–H and O–H groups in total. The first kappa shape index (κ1) is 12.1. The summed E-state index contributed by atoms with van der Waals surface area (Å²) in [4.78, 5) is 12.5. The van der Waals surface area contributed by atoms with Gasteiger partial charge in [-0.05, 0) is 40.9 Å². The lowest BCUT2D eigenvalue weighted by Gasteiger charge is -2.17. The molecule has 88 valence electrons. The molecular formula is C11H15BrN2OS. The van der Waals surface area contributed by atoms with E-state index < -0.39 is 0 Å². The molecule has 0 saturated heterocycles. The average molecular weight is 303 g/mol. The molecule has 5 heteroatoms. The molecule has 1 saturated carbocycles. The van der Waals surface area contributed by atoms with E-state index in [1.54, 1.807) is 11.3 Å².